The van der Waals surface area contributed by atoms with Gasteiger partial charge in [-0.05, 0) is 43.0 Å². The van der Waals surface area contributed by atoms with E-state index >= 15 is 0 Å². The Morgan fingerprint density at radius 2 is 0.852 bits per heavy atom. The van der Waals surface area contributed by atoms with Gasteiger partial charge >= 0.3 is 0 Å². The number of ether oxygens (including phenoxy) is 1. The zero-order valence-corrected chi connectivity index (χ0v) is 20.4. The highest BCUT2D eigenvalue weighted by molar-refractivity contribution is 5.26. The maximum absolute atomic E-state index is 5.01. The van der Waals surface area contributed by atoms with Gasteiger partial charge in [-0.15, -0.1) is 0 Å². The van der Waals surface area contributed by atoms with Crippen LogP contribution in [0, 0.1) is 6.92 Å². The van der Waals surface area contributed by atoms with Crippen molar-refractivity contribution in [2.75, 3.05) is 7.11 Å². The van der Waals surface area contributed by atoms with Gasteiger partial charge in [0.25, 0.3) is 0 Å². The Balaban J connectivity index is -0.000000144. The molecular formula is C26H48O. The molecule has 2 rings (SSSR count). The van der Waals surface area contributed by atoms with Crippen molar-refractivity contribution in [1.29, 1.82) is 0 Å². The van der Waals surface area contributed by atoms with Crippen LogP contribution in [-0.2, 0) is 12.8 Å². The Labute approximate surface area is 172 Å². The molecule has 0 aliphatic heterocycles. The molecule has 1 heteroatoms. The topological polar surface area (TPSA) is 9.23 Å². The van der Waals surface area contributed by atoms with Gasteiger partial charge in [0, 0.05) is 0 Å². The van der Waals surface area contributed by atoms with Gasteiger partial charge in [-0.25, -0.2) is 0 Å². The smallest absolute Gasteiger partial charge is 0.118 e. The van der Waals surface area contributed by atoms with Gasteiger partial charge in [0.05, 0.1) is 7.11 Å². The van der Waals surface area contributed by atoms with Crippen LogP contribution in [0.15, 0.2) is 48.5 Å². The minimum Gasteiger partial charge on any atom is -0.497 e. The fourth-order valence-corrected chi connectivity index (χ4v) is 1.69. The molecule has 0 saturated carbocycles. The number of benzene rings is 2. The second-order valence-corrected chi connectivity index (χ2v) is 4.54. The molecule has 0 atom stereocenters. The van der Waals surface area contributed by atoms with Crippen molar-refractivity contribution < 1.29 is 4.74 Å². The Kier molecular flexibility index (Phi) is 35.3. The number of hydrogen-bond donors (Lipinski definition) is 0. The second-order valence-electron chi connectivity index (χ2n) is 4.54. The van der Waals surface area contributed by atoms with E-state index in [0.29, 0.717) is 0 Å². The molecule has 0 aliphatic carbocycles. The zero-order valence-electron chi connectivity index (χ0n) is 20.4. The zero-order chi connectivity index (χ0) is 22.1. The lowest BCUT2D eigenvalue weighted by Crippen LogP contribution is -1.83. The molecule has 0 fully saturated rings. The van der Waals surface area contributed by atoms with Gasteiger partial charge in [-0.2, -0.15) is 0 Å². The molecule has 2 aromatic rings. The summed E-state index contributed by atoms with van der Waals surface area (Å²) < 4.78 is 5.01. The molecule has 0 bridgehead atoms. The summed E-state index contributed by atoms with van der Waals surface area (Å²) in [4.78, 5) is 0. The summed E-state index contributed by atoms with van der Waals surface area (Å²) in [7, 11) is 1.68. The highest BCUT2D eigenvalue weighted by atomic mass is 16.5. The summed E-state index contributed by atoms with van der Waals surface area (Å²) in [6.07, 6.45) is 2.23. The van der Waals surface area contributed by atoms with Gasteiger partial charge < -0.3 is 4.74 Å². The summed E-state index contributed by atoms with van der Waals surface area (Å²) in [6.45, 7) is 22.4. The summed E-state index contributed by atoms with van der Waals surface area (Å²) in [5.41, 5.74) is 4.11. The fourth-order valence-electron chi connectivity index (χ4n) is 1.69. The van der Waals surface area contributed by atoms with Crippen LogP contribution in [0.25, 0.3) is 0 Å². The Morgan fingerprint density at radius 1 is 0.556 bits per heavy atom. The van der Waals surface area contributed by atoms with Gasteiger partial charge in [-0.1, -0.05) is 111 Å². The van der Waals surface area contributed by atoms with E-state index in [2.05, 4.69) is 57.2 Å². The first-order valence-electron chi connectivity index (χ1n) is 10.9. The molecule has 2 aromatic carbocycles. The largest absolute Gasteiger partial charge is 0.497 e. The van der Waals surface area contributed by atoms with E-state index in [9.17, 15) is 0 Å². The quantitative estimate of drug-likeness (QED) is 0.519. The van der Waals surface area contributed by atoms with Crippen molar-refractivity contribution in [2.24, 2.45) is 0 Å². The van der Waals surface area contributed by atoms with Crippen LogP contribution in [0.2, 0.25) is 0 Å². The molecule has 0 saturated heterocycles. The van der Waals surface area contributed by atoms with Crippen molar-refractivity contribution in [3.05, 3.63) is 65.2 Å². The molecule has 0 heterocycles. The lowest BCUT2D eigenvalue weighted by molar-refractivity contribution is 0.414. The molecule has 0 radical (unpaired) electrons. The minimum atomic E-state index is 0.928. The summed E-state index contributed by atoms with van der Waals surface area (Å²) >= 11 is 0. The van der Waals surface area contributed by atoms with Gasteiger partial charge in [0.1, 0.15) is 5.75 Å². The van der Waals surface area contributed by atoms with E-state index in [0.717, 1.165) is 18.6 Å². The highest BCUT2D eigenvalue weighted by Crippen LogP contribution is 2.10. The standard InChI is InChI=1S/C9H12O.C9H12.4C2H6/c1-3-8-4-6-9(10-2)7-5-8;1-3-9-6-4-8(2)5-7-9;4*1-2/h4-7H,3H2,1-2H3;4-7H,3H2,1-2H3;4*1-2H3. The molecule has 0 spiro atoms. The van der Waals surface area contributed by atoms with Gasteiger partial charge in [0.2, 0.25) is 0 Å². The van der Waals surface area contributed by atoms with Crippen LogP contribution in [0.4, 0.5) is 0 Å². The van der Waals surface area contributed by atoms with E-state index in [4.69, 9.17) is 4.74 Å². The number of methoxy groups -OCH3 is 1. The summed E-state index contributed by atoms with van der Waals surface area (Å²) in [6, 6.07) is 16.8. The molecule has 27 heavy (non-hydrogen) atoms. The molecule has 0 aliphatic rings. The lowest BCUT2D eigenvalue weighted by Gasteiger charge is -1.99. The van der Waals surface area contributed by atoms with Crippen LogP contribution in [0.3, 0.4) is 0 Å². The third-order valence-electron chi connectivity index (χ3n) is 3.10. The Hall–Kier alpha value is -1.76. The first-order valence-corrected chi connectivity index (χ1v) is 10.9. The predicted molar refractivity (Wildman–Crippen MR) is 128 cm³/mol. The van der Waals surface area contributed by atoms with E-state index in [-0.39, 0.29) is 0 Å². The molecule has 158 valence electrons. The van der Waals surface area contributed by atoms with E-state index < -0.39 is 0 Å². The average Bonchev–Trinajstić information content (AvgIpc) is 2.80. The first-order chi connectivity index (χ1) is 13.2. The fraction of sp³-hybridized carbons (Fsp3) is 0.538. The molecule has 0 amide bonds. The van der Waals surface area contributed by atoms with Gasteiger partial charge in [-0.3, -0.25) is 0 Å². The SMILES string of the molecule is CC.CC.CC.CC.CCc1ccc(C)cc1.CCc1ccc(OC)cc1. The van der Waals surface area contributed by atoms with E-state index in [1.54, 1.807) is 7.11 Å². The minimum absolute atomic E-state index is 0.928. The molecule has 0 aromatic heterocycles. The van der Waals surface area contributed by atoms with E-state index in [1.165, 1.54) is 16.7 Å². The van der Waals surface area contributed by atoms with Crippen molar-refractivity contribution in [3.8, 4) is 5.75 Å². The third-order valence-corrected chi connectivity index (χ3v) is 3.10. The number of rotatable bonds is 3. The number of aryl methyl sites for hydroxylation is 3. The average molecular weight is 377 g/mol. The normalized spacial score (nSPS) is 7.56. The van der Waals surface area contributed by atoms with Crippen LogP contribution < -0.4 is 4.74 Å². The summed E-state index contributed by atoms with van der Waals surface area (Å²) in [5, 5.41) is 0. The van der Waals surface area contributed by atoms with Crippen LogP contribution in [-0.4, -0.2) is 7.11 Å². The molecule has 0 unspecified atom stereocenters. The van der Waals surface area contributed by atoms with Crippen LogP contribution in [0.1, 0.15) is 85.9 Å². The van der Waals surface area contributed by atoms with Crippen molar-refractivity contribution in [3.63, 3.8) is 0 Å². The van der Waals surface area contributed by atoms with Crippen LogP contribution >= 0.6 is 0 Å². The lowest BCUT2D eigenvalue weighted by atomic mass is 10.1. The Morgan fingerprint density at radius 3 is 1.11 bits per heavy atom. The maximum Gasteiger partial charge on any atom is 0.118 e. The number of hydrogen-bond acceptors (Lipinski definition) is 1. The molecular weight excluding hydrogens is 328 g/mol. The highest BCUT2D eigenvalue weighted by Gasteiger charge is 1.89. The monoisotopic (exact) mass is 376 g/mol. The molecule has 1 nitrogen and oxygen atoms in total. The second kappa shape index (κ2) is 29.0. The predicted octanol–water partition coefficient (Wildman–Crippen LogP) is 8.92. The maximum atomic E-state index is 5.01. The Bertz CT molecular complexity index is 432. The van der Waals surface area contributed by atoms with Crippen molar-refractivity contribution >= 4 is 0 Å². The molecule has 0 N–H and O–H groups in total. The first kappa shape index (κ1) is 32.9. The van der Waals surface area contributed by atoms with E-state index in [1.807, 2.05) is 67.5 Å². The van der Waals surface area contributed by atoms with Crippen molar-refractivity contribution in [1.82, 2.24) is 0 Å². The van der Waals surface area contributed by atoms with Gasteiger partial charge in [0.15, 0.2) is 0 Å². The summed E-state index contributed by atoms with van der Waals surface area (Å²) in [5.74, 6) is 0.928. The van der Waals surface area contributed by atoms with Crippen molar-refractivity contribution in [2.45, 2.75) is 89.0 Å². The van der Waals surface area contributed by atoms with Crippen LogP contribution in [0.5, 0.6) is 5.75 Å². The third kappa shape index (κ3) is 20.4.